The van der Waals surface area contributed by atoms with Gasteiger partial charge in [0, 0.05) is 18.8 Å². The number of benzene rings is 1. The minimum atomic E-state index is -3.65. The molecule has 1 saturated heterocycles. The number of hydrogen-bond acceptors (Lipinski definition) is 4. The summed E-state index contributed by atoms with van der Waals surface area (Å²) in [5.41, 5.74) is 2.98. The Hall–Kier alpha value is -1.61. The number of carbonyl (C=O) groups is 1. The highest BCUT2D eigenvalue weighted by Gasteiger charge is 2.25. The van der Waals surface area contributed by atoms with Gasteiger partial charge in [0.2, 0.25) is 0 Å². The molecular weight excluding hydrogens is 362 g/mol. The number of anilines is 1. The van der Waals surface area contributed by atoms with Crippen molar-refractivity contribution in [2.24, 2.45) is 3.77 Å². The second-order valence-corrected chi connectivity index (χ2v) is 10.5. The number of hydrogen-bond donors (Lipinski definition) is 1. The molecular formula is C16H25N3O4S2. The lowest BCUT2D eigenvalue weighted by Gasteiger charge is -2.29. The third-order valence-corrected chi connectivity index (χ3v) is 7.93. The molecule has 1 aliphatic rings. The van der Waals surface area contributed by atoms with Crippen molar-refractivity contribution >= 4 is 31.5 Å². The van der Waals surface area contributed by atoms with E-state index in [1.54, 1.807) is 4.90 Å². The predicted molar refractivity (Wildman–Crippen MR) is 101 cm³/mol. The molecule has 25 heavy (non-hydrogen) atoms. The van der Waals surface area contributed by atoms with Gasteiger partial charge >= 0.3 is 6.03 Å². The maximum atomic E-state index is 12.5. The number of carbonyl (C=O) groups excluding carboxylic acids is 1. The van der Waals surface area contributed by atoms with E-state index in [1.165, 1.54) is 0 Å². The largest absolute Gasteiger partial charge is 0.323 e. The molecule has 1 N–H and O–H groups in total. The molecule has 0 unspecified atom stereocenters. The van der Waals surface area contributed by atoms with Crippen molar-refractivity contribution in [3.63, 3.8) is 0 Å². The zero-order valence-corrected chi connectivity index (χ0v) is 16.5. The van der Waals surface area contributed by atoms with E-state index in [0.717, 1.165) is 35.9 Å². The highest BCUT2D eigenvalue weighted by atomic mass is 32.3. The van der Waals surface area contributed by atoms with Crippen LogP contribution in [0.25, 0.3) is 0 Å². The fourth-order valence-electron chi connectivity index (χ4n) is 2.71. The fourth-order valence-corrected chi connectivity index (χ4v) is 6.49. The summed E-state index contributed by atoms with van der Waals surface area (Å²) in [4.78, 5) is 14.1. The summed E-state index contributed by atoms with van der Waals surface area (Å²) in [6.07, 6.45) is 2.62. The summed E-state index contributed by atoms with van der Waals surface area (Å²) in [6.45, 7) is 4.52. The van der Waals surface area contributed by atoms with Crippen molar-refractivity contribution in [1.82, 2.24) is 4.90 Å². The highest BCUT2D eigenvalue weighted by molar-refractivity contribution is 8.03. The van der Waals surface area contributed by atoms with Crippen LogP contribution >= 0.6 is 0 Å². The molecule has 0 spiro atoms. The van der Waals surface area contributed by atoms with Gasteiger partial charge in [-0.05, 0) is 30.0 Å². The molecule has 0 bridgehead atoms. The molecule has 140 valence electrons. The van der Waals surface area contributed by atoms with E-state index in [2.05, 4.69) is 22.1 Å². The fraction of sp³-hybridized carbons (Fsp3) is 0.562. The molecule has 0 atom stereocenters. The molecule has 9 heteroatoms. The van der Waals surface area contributed by atoms with Crippen LogP contribution in [0.15, 0.2) is 22.0 Å². The maximum Gasteiger partial charge on any atom is 0.321 e. The van der Waals surface area contributed by atoms with Crippen LogP contribution in [-0.4, -0.2) is 54.4 Å². The Balaban J connectivity index is 2.09. The van der Waals surface area contributed by atoms with Gasteiger partial charge in [-0.15, -0.1) is 3.77 Å². The number of rotatable bonds is 4. The molecule has 2 rings (SSSR count). The van der Waals surface area contributed by atoms with E-state index >= 15 is 0 Å². The van der Waals surface area contributed by atoms with Crippen molar-refractivity contribution in [3.05, 3.63) is 29.3 Å². The van der Waals surface area contributed by atoms with Crippen LogP contribution in [0.3, 0.4) is 0 Å². The van der Waals surface area contributed by atoms with E-state index in [0.29, 0.717) is 0 Å². The van der Waals surface area contributed by atoms with Gasteiger partial charge in [0.05, 0.1) is 27.5 Å². The highest BCUT2D eigenvalue weighted by Crippen LogP contribution is 2.20. The second-order valence-electron chi connectivity index (χ2n) is 6.10. The molecule has 0 saturated carbocycles. The lowest BCUT2D eigenvalue weighted by molar-refractivity contribution is 0.216. The Labute approximate surface area is 150 Å². The Morgan fingerprint density at radius 3 is 2.40 bits per heavy atom. The first-order valence-electron chi connectivity index (χ1n) is 8.27. The van der Waals surface area contributed by atoms with Crippen LogP contribution in [-0.2, 0) is 32.6 Å². The van der Waals surface area contributed by atoms with Crippen molar-refractivity contribution in [2.45, 2.75) is 26.7 Å². The number of amides is 2. The van der Waals surface area contributed by atoms with Crippen molar-refractivity contribution in [1.29, 1.82) is 0 Å². The van der Waals surface area contributed by atoms with E-state index in [9.17, 15) is 17.4 Å². The second kappa shape index (κ2) is 7.74. The van der Waals surface area contributed by atoms with Crippen LogP contribution in [0.5, 0.6) is 0 Å². The van der Waals surface area contributed by atoms with Crippen molar-refractivity contribution in [2.75, 3.05) is 36.2 Å². The topological polar surface area (TPSA) is 95.9 Å². The molecule has 0 aliphatic carbocycles. The van der Waals surface area contributed by atoms with Crippen LogP contribution in [0.4, 0.5) is 10.5 Å². The maximum absolute atomic E-state index is 12.5. The third kappa shape index (κ3) is 5.43. The molecule has 0 radical (unpaired) electrons. The number of urea groups is 1. The molecule has 2 amide bonds. The first-order chi connectivity index (χ1) is 11.7. The molecule has 1 aromatic carbocycles. The van der Waals surface area contributed by atoms with E-state index in [4.69, 9.17) is 0 Å². The predicted octanol–water partition coefficient (Wildman–Crippen LogP) is 2.09. The van der Waals surface area contributed by atoms with Gasteiger partial charge in [0.25, 0.3) is 10.0 Å². The van der Waals surface area contributed by atoms with Crippen molar-refractivity contribution in [3.8, 4) is 0 Å². The SMILES string of the molecule is CCc1ccc(CC)c(NC(=O)N2CCS(=O)(=NS(C)(=O)=O)CC2)c1. The summed E-state index contributed by atoms with van der Waals surface area (Å²) < 4.78 is 38.4. The third-order valence-electron chi connectivity index (χ3n) is 4.12. The van der Waals surface area contributed by atoms with Crippen LogP contribution in [0.1, 0.15) is 25.0 Å². The number of sulfonamides is 1. The Bertz CT molecular complexity index is 857. The average molecular weight is 388 g/mol. The molecule has 1 heterocycles. The number of aryl methyl sites for hydroxylation is 2. The first-order valence-corrected chi connectivity index (χ1v) is 12.0. The Kier molecular flexibility index (Phi) is 6.10. The van der Waals surface area contributed by atoms with Gasteiger partial charge in [-0.25, -0.2) is 17.4 Å². The Morgan fingerprint density at radius 2 is 1.88 bits per heavy atom. The lowest BCUT2D eigenvalue weighted by atomic mass is 10.1. The molecule has 1 aromatic rings. The van der Waals surface area contributed by atoms with Crippen molar-refractivity contribution < 1.29 is 17.4 Å². The lowest BCUT2D eigenvalue weighted by Crippen LogP contribution is -2.45. The van der Waals surface area contributed by atoms with Crippen LogP contribution < -0.4 is 5.32 Å². The van der Waals surface area contributed by atoms with Gasteiger partial charge in [0.15, 0.2) is 0 Å². The quantitative estimate of drug-likeness (QED) is 0.855. The minimum absolute atomic E-state index is 0.0725. The number of nitrogens with zero attached hydrogens (tertiary/aromatic N) is 2. The molecule has 1 fully saturated rings. The number of nitrogens with one attached hydrogen (secondary N) is 1. The summed E-state index contributed by atoms with van der Waals surface area (Å²) in [5.74, 6) is 0.145. The van der Waals surface area contributed by atoms with Gasteiger partial charge in [-0.1, -0.05) is 26.0 Å². The van der Waals surface area contributed by atoms with E-state index < -0.39 is 19.8 Å². The summed E-state index contributed by atoms with van der Waals surface area (Å²) in [6, 6.07) is 5.78. The zero-order valence-electron chi connectivity index (χ0n) is 14.8. The summed E-state index contributed by atoms with van der Waals surface area (Å²) in [7, 11) is -6.45. The molecule has 1 aliphatic heterocycles. The van der Waals surface area contributed by atoms with Gasteiger partial charge in [-0.3, -0.25) is 0 Å². The average Bonchev–Trinajstić information content (AvgIpc) is 2.53. The standard InChI is InChI=1S/C16H25N3O4S2/c1-4-13-6-7-14(5-2)15(12-13)17-16(20)19-8-10-25(23,11-9-19)18-24(3,21)22/h6-7,12H,4-5,8-11H2,1-3H3,(H,17,20). The minimum Gasteiger partial charge on any atom is -0.323 e. The van der Waals surface area contributed by atoms with Gasteiger partial charge in [0.1, 0.15) is 0 Å². The molecule has 0 aromatic heterocycles. The zero-order chi connectivity index (χ0) is 18.7. The Morgan fingerprint density at radius 1 is 1.24 bits per heavy atom. The molecule has 7 nitrogen and oxygen atoms in total. The van der Waals surface area contributed by atoms with E-state index in [1.807, 2.05) is 19.1 Å². The normalized spacial score (nSPS) is 17.2. The summed E-state index contributed by atoms with van der Waals surface area (Å²) in [5, 5.41) is 2.93. The van der Waals surface area contributed by atoms with Gasteiger partial charge in [-0.2, -0.15) is 0 Å². The summed E-state index contributed by atoms with van der Waals surface area (Å²) >= 11 is 0. The monoisotopic (exact) mass is 387 g/mol. The van der Waals surface area contributed by atoms with E-state index in [-0.39, 0.29) is 30.6 Å². The van der Waals surface area contributed by atoms with Crippen LogP contribution in [0, 0.1) is 0 Å². The smallest absolute Gasteiger partial charge is 0.321 e. The first kappa shape index (κ1) is 19.7. The van der Waals surface area contributed by atoms with Gasteiger partial charge < -0.3 is 10.2 Å². The van der Waals surface area contributed by atoms with Crippen LogP contribution in [0.2, 0.25) is 0 Å².